The van der Waals surface area contributed by atoms with Crippen molar-refractivity contribution < 1.29 is 19.0 Å². The largest absolute Gasteiger partial charge is 0.493 e. The second kappa shape index (κ2) is 11.4. The van der Waals surface area contributed by atoms with Gasteiger partial charge in [0.15, 0.2) is 17.3 Å². The molecular formula is C25H33N5O4S. The van der Waals surface area contributed by atoms with Gasteiger partial charge >= 0.3 is 0 Å². The molecule has 0 radical (unpaired) electrons. The maximum Gasteiger partial charge on any atom is 0.233 e. The van der Waals surface area contributed by atoms with Crippen LogP contribution in [0.1, 0.15) is 44.6 Å². The van der Waals surface area contributed by atoms with E-state index in [0.717, 1.165) is 11.3 Å². The number of benzene rings is 2. The van der Waals surface area contributed by atoms with E-state index in [2.05, 4.69) is 36.3 Å². The summed E-state index contributed by atoms with van der Waals surface area (Å²) in [6.45, 7) is 8.80. The van der Waals surface area contributed by atoms with Crippen LogP contribution in [0.4, 0.5) is 0 Å². The van der Waals surface area contributed by atoms with Crippen molar-refractivity contribution in [1.29, 1.82) is 0 Å². The average molecular weight is 500 g/mol. The van der Waals surface area contributed by atoms with Gasteiger partial charge in [-0.25, -0.2) is 4.68 Å². The number of nitrogens with zero attached hydrogens (tertiary/aromatic N) is 3. The van der Waals surface area contributed by atoms with E-state index in [9.17, 15) is 4.79 Å². The van der Waals surface area contributed by atoms with Crippen LogP contribution in [0.25, 0.3) is 0 Å². The fourth-order valence-electron chi connectivity index (χ4n) is 3.22. The molecule has 0 spiro atoms. The van der Waals surface area contributed by atoms with Crippen LogP contribution >= 0.6 is 11.8 Å². The molecule has 0 aliphatic rings. The van der Waals surface area contributed by atoms with Gasteiger partial charge in [0, 0.05) is 6.54 Å². The van der Waals surface area contributed by atoms with E-state index in [0.29, 0.717) is 29.0 Å². The first-order valence-electron chi connectivity index (χ1n) is 11.2. The van der Waals surface area contributed by atoms with Gasteiger partial charge in [-0.2, -0.15) is 0 Å². The Balaban J connectivity index is 1.53. The summed E-state index contributed by atoms with van der Waals surface area (Å²) in [6.07, 6.45) is 0. The molecule has 35 heavy (non-hydrogen) atoms. The van der Waals surface area contributed by atoms with Gasteiger partial charge in [0.25, 0.3) is 0 Å². The first-order valence-corrected chi connectivity index (χ1v) is 12.1. The van der Waals surface area contributed by atoms with Gasteiger partial charge in [0.1, 0.15) is 12.4 Å². The monoisotopic (exact) mass is 499 g/mol. The minimum absolute atomic E-state index is 0.0760. The summed E-state index contributed by atoms with van der Waals surface area (Å²) in [4.78, 5) is 12.6. The van der Waals surface area contributed by atoms with E-state index in [1.54, 1.807) is 27.2 Å². The SMILES string of the molecule is COc1ccc(CNC(=O)C(C)Sc2nnc(COc3ccc(C(C)(C)C)cc3)n2N)cc1OC. The second-order valence-corrected chi connectivity index (χ2v) is 10.3. The topological polar surface area (TPSA) is 114 Å². The van der Waals surface area contributed by atoms with E-state index in [4.69, 9.17) is 20.1 Å². The van der Waals surface area contributed by atoms with Crippen molar-refractivity contribution in [3.63, 3.8) is 0 Å². The highest BCUT2D eigenvalue weighted by Gasteiger charge is 2.20. The quantitative estimate of drug-likeness (QED) is 0.321. The summed E-state index contributed by atoms with van der Waals surface area (Å²) in [6, 6.07) is 13.5. The summed E-state index contributed by atoms with van der Waals surface area (Å²) in [5.74, 6) is 8.43. The van der Waals surface area contributed by atoms with E-state index >= 15 is 0 Å². The van der Waals surface area contributed by atoms with Crippen LogP contribution in [0.3, 0.4) is 0 Å². The normalized spacial score (nSPS) is 12.2. The van der Waals surface area contributed by atoms with E-state index < -0.39 is 5.25 Å². The maximum atomic E-state index is 12.6. The molecule has 0 fully saturated rings. The van der Waals surface area contributed by atoms with Crippen molar-refractivity contribution in [2.75, 3.05) is 20.1 Å². The Morgan fingerprint density at radius 1 is 1.09 bits per heavy atom. The minimum Gasteiger partial charge on any atom is -0.493 e. The van der Waals surface area contributed by atoms with E-state index in [1.165, 1.54) is 22.0 Å². The molecule has 1 aromatic heterocycles. The third-order valence-electron chi connectivity index (χ3n) is 5.39. The van der Waals surface area contributed by atoms with Crippen molar-refractivity contribution in [2.24, 2.45) is 0 Å². The molecule has 188 valence electrons. The molecule has 0 aliphatic carbocycles. The van der Waals surface area contributed by atoms with Crippen molar-refractivity contribution in [3.8, 4) is 17.2 Å². The number of carbonyl (C=O) groups is 1. The highest BCUT2D eigenvalue weighted by atomic mass is 32.2. The first kappa shape index (κ1) is 26.2. The Morgan fingerprint density at radius 2 is 1.77 bits per heavy atom. The van der Waals surface area contributed by atoms with E-state index in [-0.39, 0.29) is 17.9 Å². The zero-order chi connectivity index (χ0) is 25.6. The Morgan fingerprint density at radius 3 is 2.40 bits per heavy atom. The van der Waals surface area contributed by atoms with Gasteiger partial charge in [0.2, 0.25) is 11.1 Å². The molecular weight excluding hydrogens is 466 g/mol. The number of carbonyl (C=O) groups excluding carboxylic acids is 1. The van der Waals surface area contributed by atoms with Gasteiger partial charge in [-0.05, 0) is 47.7 Å². The van der Waals surface area contributed by atoms with Crippen LogP contribution in [0.5, 0.6) is 17.2 Å². The number of nitrogens with two attached hydrogens (primary N) is 1. The predicted octanol–water partition coefficient (Wildman–Crippen LogP) is 3.68. The highest BCUT2D eigenvalue weighted by molar-refractivity contribution is 8.00. The number of nitrogens with one attached hydrogen (secondary N) is 1. The Kier molecular flexibility index (Phi) is 8.50. The van der Waals surface area contributed by atoms with Crippen LogP contribution < -0.4 is 25.4 Å². The number of ether oxygens (including phenoxy) is 3. The number of rotatable bonds is 10. The molecule has 0 aliphatic heterocycles. The number of amides is 1. The number of nitrogen functional groups attached to an aromatic ring is 1. The molecule has 3 N–H and O–H groups in total. The van der Waals surface area contributed by atoms with Gasteiger partial charge in [-0.3, -0.25) is 4.79 Å². The second-order valence-electron chi connectivity index (χ2n) is 9.00. The maximum absolute atomic E-state index is 12.6. The molecule has 1 heterocycles. The lowest BCUT2D eigenvalue weighted by molar-refractivity contribution is -0.120. The highest BCUT2D eigenvalue weighted by Crippen LogP contribution is 2.28. The van der Waals surface area contributed by atoms with Crippen LogP contribution in [-0.2, 0) is 23.4 Å². The molecule has 0 saturated carbocycles. The zero-order valence-corrected chi connectivity index (χ0v) is 21.8. The van der Waals surface area contributed by atoms with Gasteiger partial charge in [0.05, 0.1) is 19.5 Å². The molecule has 2 aromatic carbocycles. The predicted molar refractivity (Wildman–Crippen MR) is 136 cm³/mol. The van der Waals surface area contributed by atoms with Crippen molar-refractivity contribution >= 4 is 17.7 Å². The summed E-state index contributed by atoms with van der Waals surface area (Å²) >= 11 is 1.23. The Labute approximate surface area is 210 Å². The number of methoxy groups -OCH3 is 2. The smallest absolute Gasteiger partial charge is 0.233 e. The van der Waals surface area contributed by atoms with Crippen LogP contribution in [-0.4, -0.2) is 40.3 Å². The van der Waals surface area contributed by atoms with Crippen molar-refractivity contribution in [1.82, 2.24) is 20.2 Å². The van der Waals surface area contributed by atoms with Crippen LogP contribution in [0.2, 0.25) is 0 Å². The Bertz CT molecular complexity index is 1140. The molecule has 1 atom stereocenters. The fourth-order valence-corrected chi connectivity index (χ4v) is 4.03. The number of hydrogen-bond donors (Lipinski definition) is 2. The molecule has 0 bridgehead atoms. The molecule has 0 saturated heterocycles. The van der Waals surface area contributed by atoms with E-state index in [1.807, 2.05) is 36.4 Å². The lowest BCUT2D eigenvalue weighted by atomic mass is 9.87. The molecule has 9 nitrogen and oxygen atoms in total. The Hall–Kier alpha value is -3.40. The van der Waals surface area contributed by atoms with Crippen LogP contribution in [0.15, 0.2) is 47.6 Å². The number of aromatic nitrogens is 3. The molecule has 10 heteroatoms. The summed E-state index contributed by atoms with van der Waals surface area (Å²) in [5.41, 5.74) is 2.20. The fraction of sp³-hybridized carbons (Fsp3) is 0.400. The first-order chi connectivity index (χ1) is 16.6. The lowest BCUT2D eigenvalue weighted by Crippen LogP contribution is -2.31. The van der Waals surface area contributed by atoms with Gasteiger partial charge in [-0.1, -0.05) is 50.7 Å². The molecule has 3 rings (SSSR count). The molecule has 1 unspecified atom stereocenters. The third kappa shape index (κ3) is 6.82. The minimum atomic E-state index is -0.430. The van der Waals surface area contributed by atoms with Crippen LogP contribution in [0, 0.1) is 0 Å². The zero-order valence-electron chi connectivity index (χ0n) is 21.0. The lowest BCUT2D eigenvalue weighted by Gasteiger charge is -2.19. The molecule has 3 aromatic rings. The number of hydrogen-bond acceptors (Lipinski definition) is 8. The standard InChI is InChI=1S/C25H33N5O4S/c1-16(23(31)27-14-17-7-12-20(32-5)21(13-17)33-6)35-24-29-28-22(30(24)26)15-34-19-10-8-18(9-11-19)25(2,3)4/h7-13,16H,14-15,26H2,1-6H3,(H,27,31). The summed E-state index contributed by atoms with van der Waals surface area (Å²) in [5, 5.41) is 11.1. The molecule has 1 amide bonds. The summed E-state index contributed by atoms with van der Waals surface area (Å²) < 4.78 is 17.7. The number of thioether (sulfide) groups is 1. The van der Waals surface area contributed by atoms with Gasteiger partial charge < -0.3 is 25.4 Å². The summed E-state index contributed by atoms with van der Waals surface area (Å²) in [7, 11) is 3.15. The average Bonchev–Trinajstić information content (AvgIpc) is 3.19. The van der Waals surface area contributed by atoms with Gasteiger partial charge in [-0.15, -0.1) is 10.2 Å². The van der Waals surface area contributed by atoms with Crippen molar-refractivity contribution in [2.45, 2.75) is 56.7 Å². The third-order valence-corrected chi connectivity index (χ3v) is 6.45. The van der Waals surface area contributed by atoms with Crippen molar-refractivity contribution in [3.05, 3.63) is 59.4 Å².